The first-order valence-corrected chi connectivity index (χ1v) is 13.6. The predicted octanol–water partition coefficient (Wildman–Crippen LogP) is 3.77. The monoisotopic (exact) mass is 585 g/mol. The van der Waals surface area contributed by atoms with Crippen LogP contribution in [0.15, 0.2) is 83.7 Å². The van der Waals surface area contributed by atoms with Crippen molar-refractivity contribution in [3.8, 4) is 16.9 Å². The van der Waals surface area contributed by atoms with Crippen LogP contribution >= 0.6 is 0 Å². The third-order valence-electron chi connectivity index (χ3n) is 6.98. The van der Waals surface area contributed by atoms with E-state index in [1.54, 1.807) is 18.2 Å². The molecular formula is C32H29F2N5O4. The molecule has 3 aromatic carbocycles. The fraction of sp³-hybridized carbons (Fsp3) is 0.188. The van der Waals surface area contributed by atoms with Crippen molar-refractivity contribution >= 4 is 22.9 Å². The normalized spacial score (nSPS) is 11.2. The van der Waals surface area contributed by atoms with Gasteiger partial charge in [0.1, 0.15) is 17.3 Å². The first-order chi connectivity index (χ1) is 20.8. The third-order valence-corrected chi connectivity index (χ3v) is 6.98. The van der Waals surface area contributed by atoms with Gasteiger partial charge in [-0.25, -0.2) is 13.8 Å². The average molecular weight is 586 g/mol. The molecule has 220 valence electrons. The fourth-order valence-electron chi connectivity index (χ4n) is 4.72. The van der Waals surface area contributed by atoms with Crippen molar-refractivity contribution in [2.24, 2.45) is 0 Å². The van der Waals surface area contributed by atoms with E-state index in [1.807, 2.05) is 37.3 Å². The number of anilines is 1. The Labute approximate surface area is 245 Å². The van der Waals surface area contributed by atoms with Crippen LogP contribution in [-0.4, -0.2) is 56.5 Å². The number of aliphatic hydroxyl groups is 2. The molecule has 0 radical (unpaired) electrons. The van der Waals surface area contributed by atoms with Crippen molar-refractivity contribution in [2.45, 2.75) is 19.4 Å². The van der Waals surface area contributed by atoms with Gasteiger partial charge in [0, 0.05) is 29.1 Å². The van der Waals surface area contributed by atoms with Crippen molar-refractivity contribution in [1.29, 1.82) is 0 Å². The molecule has 9 nitrogen and oxygen atoms in total. The van der Waals surface area contributed by atoms with Gasteiger partial charge < -0.3 is 20.8 Å². The van der Waals surface area contributed by atoms with Gasteiger partial charge in [-0.05, 0) is 54.8 Å². The number of fused-ring (bicyclic) bond motifs is 1. The van der Waals surface area contributed by atoms with Gasteiger partial charge in [0.15, 0.2) is 5.65 Å². The van der Waals surface area contributed by atoms with Crippen LogP contribution in [0.5, 0.6) is 0 Å². The first-order valence-electron chi connectivity index (χ1n) is 13.6. The molecule has 0 spiro atoms. The van der Waals surface area contributed by atoms with E-state index < -0.39 is 42.1 Å². The number of hydrogen-bond acceptors (Lipinski definition) is 7. The maximum Gasteiger partial charge on any atom is 0.256 e. The van der Waals surface area contributed by atoms with Crippen LogP contribution in [0.3, 0.4) is 0 Å². The number of halogens is 2. The fourth-order valence-corrected chi connectivity index (χ4v) is 4.72. The molecule has 0 aliphatic carbocycles. The number of carbonyl (C=O) groups is 1. The summed E-state index contributed by atoms with van der Waals surface area (Å²) in [7, 11) is 0. The zero-order valence-electron chi connectivity index (χ0n) is 23.2. The Balaban J connectivity index is 1.64. The molecule has 0 saturated carbocycles. The molecule has 4 N–H and O–H groups in total. The lowest BCUT2D eigenvalue weighted by atomic mass is 9.99. The molecule has 5 aromatic rings. The molecule has 2 aromatic heterocycles. The van der Waals surface area contributed by atoms with E-state index in [-0.39, 0.29) is 28.6 Å². The summed E-state index contributed by atoms with van der Waals surface area (Å²) in [5, 5.41) is 25.3. The Hall–Kier alpha value is -5.00. The smallest absolute Gasteiger partial charge is 0.256 e. The second-order valence-corrected chi connectivity index (χ2v) is 9.94. The van der Waals surface area contributed by atoms with Crippen molar-refractivity contribution in [3.05, 3.63) is 118 Å². The van der Waals surface area contributed by atoms with Crippen LogP contribution in [0.4, 0.5) is 14.7 Å². The zero-order valence-corrected chi connectivity index (χ0v) is 23.2. The van der Waals surface area contributed by atoms with Crippen LogP contribution in [0.1, 0.15) is 21.5 Å². The molecule has 0 unspecified atom stereocenters. The number of para-hydroxylation sites is 1. The molecule has 0 aliphatic rings. The summed E-state index contributed by atoms with van der Waals surface area (Å²) in [6.45, 7) is 1.30. The highest BCUT2D eigenvalue weighted by Gasteiger charge is 2.22. The number of aryl methyl sites for hydroxylation is 1. The highest BCUT2D eigenvalue weighted by molar-refractivity contribution is 5.98. The zero-order chi connectivity index (χ0) is 30.5. The molecule has 0 atom stereocenters. The van der Waals surface area contributed by atoms with Gasteiger partial charge in [0.25, 0.3) is 11.5 Å². The first kappa shape index (κ1) is 29.5. The highest BCUT2D eigenvalue weighted by Crippen LogP contribution is 2.32. The molecule has 0 aliphatic heterocycles. The molecule has 2 heterocycles. The van der Waals surface area contributed by atoms with Crippen LogP contribution in [0.25, 0.3) is 28.0 Å². The molecule has 5 rings (SSSR count). The van der Waals surface area contributed by atoms with E-state index in [4.69, 9.17) is 0 Å². The number of benzene rings is 3. The summed E-state index contributed by atoms with van der Waals surface area (Å²) >= 11 is 0. The lowest BCUT2D eigenvalue weighted by molar-refractivity contribution is 0.0954. The number of pyridine rings is 1. The third kappa shape index (κ3) is 6.27. The lowest BCUT2D eigenvalue weighted by Crippen LogP contribution is -2.29. The Morgan fingerprint density at radius 1 is 0.930 bits per heavy atom. The Morgan fingerprint density at radius 2 is 1.65 bits per heavy atom. The van der Waals surface area contributed by atoms with Crippen molar-refractivity contribution in [1.82, 2.24) is 19.9 Å². The quantitative estimate of drug-likeness (QED) is 0.196. The van der Waals surface area contributed by atoms with Gasteiger partial charge in [0.2, 0.25) is 5.95 Å². The minimum atomic E-state index is -0.974. The second kappa shape index (κ2) is 12.9. The number of aromatic nitrogens is 3. The standard InChI is InChI=1S/C32H29F2N5O4/c1-19-10-11-21(31(43)35-15-14-20-6-3-2-4-7-20)16-24(19)28-23-12-13-27(42)39(29-25(33)8-5-9-26(29)34)30(23)38-32(37-28)36-22(17-40)18-41/h2-13,16,22,40-41H,14-15,17-18H2,1H3,(H,35,43)(H,36,37,38). The number of carbonyl (C=O) groups excluding carboxylic acids is 1. The summed E-state index contributed by atoms with van der Waals surface area (Å²) in [5.74, 6) is -2.36. The maximum absolute atomic E-state index is 14.9. The summed E-state index contributed by atoms with van der Waals surface area (Å²) in [6.07, 6.45) is 0.651. The molecule has 0 saturated heterocycles. The maximum atomic E-state index is 14.9. The van der Waals surface area contributed by atoms with E-state index in [2.05, 4.69) is 20.6 Å². The van der Waals surface area contributed by atoms with Gasteiger partial charge in [-0.2, -0.15) is 4.98 Å². The van der Waals surface area contributed by atoms with E-state index in [0.29, 0.717) is 24.1 Å². The van der Waals surface area contributed by atoms with E-state index >= 15 is 0 Å². The molecule has 11 heteroatoms. The van der Waals surface area contributed by atoms with Gasteiger partial charge >= 0.3 is 0 Å². The summed E-state index contributed by atoms with van der Waals surface area (Å²) in [5.41, 5.74) is 1.47. The lowest BCUT2D eigenvalue weighted by Gasteiger charge is -2.18. The largest absolute Gasteiger partial charge is 0.394 e. The number of nitrogens with one attached hydrogen (secondary N) is 2. The molecule has 0 fully saturated rings. The van der Waals surface area contributed by atoms with Crippen LogP contribution in [-0.2, 0) is 6.42 Å². The van der Waals surface area contributed by atoms with Crippen molar-refractivity contribution < 1.29 is 23.8 Å². The minimum Gasteiger partial charge on any atom is -0.394 e. The van der Waals surface area contributed by atoms with Gasteiger partial charge in [-0.3, -0.25) is 14.2 Å². The van der Waals surface area contributed by atoms with Crippen LogP contribution in [0, 0.1) is 18.6 Å². The number of aliphatic hydroxyl groups excluding tert-OH is 2. The topological polar surface area (TPSA) is 129 Å². The van der Waals surface area contributed by atoms with Crippen molar-refractivity contribution in [3.63, 3.8) is 0 Å². The minimum absolute atomic E-state index is 0.108. The van der Waals surface area contributed by atoms with Gasteiger partial charge in [0.05, 0.1) is 24.9 Å². The second-order valence-electron chi connectivity index (χ2n) is 9.94. The Morgan fingerprint density at radius 3 is 2.35 bits per heavy atom. The Kier molecular flexibility index (Phi) is 8.84. The molecule has 0 bridgehead atoms. The van der Waals surface area contributed by atoms with Crippen molar-refractivity contribution in [2.75, 3.05) is 25.1 Å². The Bertz CT molecular complexity index is 1820. The summed E-state index contributed by atoms with van der Waals surface area (Å²) < 4.78 is 30.7. The van der Waals surface area contributed by atoms with E-state index in [0.717, 1.165) is 33.9 Å². The SMILES string of the molecule is Cc1ccc(C(=O)NCCc2ccccc2)cc1-c1nc(NC(CO)CO)nc2c1ccc(=O)n2-c1c(F)cccc1F. The van der Waals surface area contributed by atoms with E-state index in [1.165, 1.54) is 12.1 Å². The number of amides is 1. The summed E-state index contributed by atoms with van der Waals surface area (Å²) in [6, 6.07) is 19.8. The van der Waals surface area contributed by atoms with Crippen LogP contribution < -0.4 is 16.2 Å². The number of rotatable bonds is 10. The van der Waals surface area contributed by atoms with Crippen LogP contribution in [0.2, 0.25) is 0 Å². The molecule has 1 amide bonds. The van der Waals surface area contributed by atoms with E-state index in [9.17, 15) is 28.6 Å². The number of hydrogen-bond donors (Lipinski definition) is 4. The average Bonchev–Trinajstić information content (AvgIpc) is 3.01. The predicted molar refractivity (Wildman–Crippen MR) is 159 cm³/mol. The summed E-state index contributed by atoms with van der Waals surface area (Å²) in [4.78, 5) is 35.1. The van der Waals surface area contributed by atoms with Gasteiger partial charge in [-0.1, -0.05) is 42.5 Å². The van der Waals surface area contributed by atoms with Gasteiger partial charge in [-0.15, -0.1) is 0 Å². The highest BCUT2D eigenvalue weighted by atomic mass is 19.1. The molecular weight excluding hydrogens is 556 g/mol. The number of nitrogens with zero attached hydrogens (tertiary/aromatic N) is 3. The molecule has 43 heavy (non-hydrogen) atoms.